The van der Waals surface area contributed by atoms with Crippen molar-refractivity contribution in [2.45, 2.75) is 31.8 Å². The van der Waals surface area contributed by atoms with E-state index in [0.717, 1.165) is 24.4 Å². The van der Waals surface area contributed by atoms with E-state index in [-0.39, 0.29) is 12.1 Å². The molecule has 1 saturated heterocycles. The topological polar surface area (TPSA) is 38.8 Å². The number of benzene rings is 2. The number of carbonyl (C=O) groups excluding carboxylic acids is 1. The summed E-state index contributed by atoms with van der Waals surface area (Å²) in [7, 11) is 2.18. The van der Waals surface area contributed by atoms with Gasteiger partial charge < -0.3 is 14.4 Å². The number of aryl methyl sites for hydroxylation is 1. The fourth-order valence-corrected chi connectivity index (χ4v) is 4.01. The maximum Gasteiger partial charge on any atom is 0.311 e. The maximum atomic E-state index is 11.5. The third-order valence-corrected chi connectivity index (χ3v) is 5.33. The second-order valence-corrected chi connectivity index (χ2v) is 7.36. The number of rotatable bonds is 4. The van der Waals surface area contributed by atoms with Crippen molar-refractivity contribution in [3.63, 3.8) is 0 Å². The minimum absolute atomic E-state index is 0.0307. The molecule has 0 aliphatic carbocycles. The van der Waals surface area contributed by atoms with Crippen LogP contribution in [0.4, 0.5) is 0 Å². The highest BCUT2D eigenvalue weighted by Gasteiger charge is 2.29. The predicted octanol–water partition coefficient (Wildman–Crippen LogP) is 4.00. The summed E-state index contributed by atoms with van der Waals surface area (Å²) in [5.41, 5.74) is 2.27. The molecule has 26 heavy (non-hydrogen) atoms. The molecule has 2 aromatic rings. The first kappa shape index (κ1) is 17.1. The standard InChI is InChI=1S/C22H25NO3/c1-23-13-5-8-18(15-23)22(16-6-3-2-4-7-16)25-19-10-11-20-17(14-19)9-12-21(24)26-20/h2-4,6-7,10-11,14,18,22H,5,8-9,12-13,15H2,1H3. The van der Waals surface area contributed by atoms with Gasteiger partial charge in [0.25, 0.3) is 0 Å². The van der Waals surface area contributed by atoms with Crippen LogP contribution in [0, 0.1) is 5.92 Å². The van der Waals surface area contributed by atoms with Gasteiger partial charge in [0.05, 0.1) is 6.42 Å². The van der Waals surface area contributed by atoms with Crippen LogP contribution in [0.25, 0.3) is 0 Å². The molecular formula is C22H25NO3. The molecule has 0 radical (unpaired) electrons. The van der Waals surface area contributed by atoms with Gasteiger partial charge in [-0.05, 0) is 62.2 Å². The molecule has 0 amide bonds. The number of esters is 1. The van der Waals surface area contributed by atoms with Crippen molar-refractivity contribution in [2.24, 2.45) is 5.92 Å². The van der Waals surface area contributed by atoms with Crippen LogP contribution >= 0.6 is 0 Å². The lowest BCUT2D eigenvalue weighted by Crippen LogP contribution is -2.36. The highest BCUT2D eigenvalue weighted by atomic mass is 16.5. The third-order valence-electron chi connectivity index (χ3n) is 5.33. The molecular weight excluding hydrogens is 326 g/mol. The van der Waals surface area contributed by atoms with E-state index in [0.29, 0.717) is 24.5 Å². The quantitative estimate of drug-likeness (QED) is 0.616. The Morgan fingerprint density at radius 3 is 2.81 bits per heavy atom. The van der Waals surface area contributed by atoms with Gasteiger partial charge in [0.1, 0.15) is 17.6 Å². The molecule has 2 atom stereocenters. The van der Waals surface area contributed by atoms with Gasteiger partial charge in [0.15, 0.2) is 0 Å². The Morgan fingerprint density at radius 1 is 1.15 bits per heavy atom. The Hall–Kier alpha value is -2.33. The Kier molecular flexibility index (Phi) is 4.93. The monoisotopic (exact) mass is 351 g/mol. The molecule has 4 nitrogen and oxygen atoms in total. The first-order chi connectivity index (χ1) is 12.7. The molecule has 136 valence electrons. The number of piperidine rings is 1. The van der Waals surface area contributed by atoms with Crippen LogP contribution in [0.3, 0.4) is 0 Å². The SMILES string of the molecule is CN1CCCC(C(Oc2ccc3c(c2)CCC(=O)O3)c2ccccc2)C1. The van der Waals surface area contributed by atoms with Crippen LogP contribution in [0.5, 0.6) is 11.5 Å². The predicted molar refractivity (Wildman–Crippen MR) is 100 cm³/mol. The molecule has 2 unspecified atom stereocenters. The average molecular weight is 351 g/mol. The van der Waals surface area contributed by atoms with Gasteiger partial charge in [-0.15, -0.1) is 0 Å². The fourth-order valence-electron chi connectivity index (χ4n) is 4.01. The summed E-state index contributed by atoms with van der Waals surface area (Å²) in [6, 6.07) is 16.3. The maximum absolute atomic E-state index is 11.5. The lowest BCUT2D eigenvalue weighted by atomic mass is 9.88. The molecule has 4 rings (SSSR count). The van der Waals surface area contributed by atoms with Crippen LogP contribution < -0.4 is 9.47 Å². The normalized spacial score (nSPS) is 21.6. The van der Waals surface area contributed by atoms with Crippen molar-refractivity contribution in [1.82, 2.24) is 4.90 Å². The zero-order valence-corrected chi connectivity index (χ0v) is 15.2. The number of carbonyl (C=O) groups is 1. The smallest absolute Gasteiger partial charge is 0.311 e. The minimum Gasteiger partial charge on any atom is -0.485 e. The summed E-state index contributed by atoms with van der Waals surface area (Å²) >= 11 is 0. The second-order valence-electron chi connectivity index (χ2n) is 7.36. The summed E-state index contributed by atoms with van der Waals surface area (Å²) in [5.74, 6) is 1.83. The number of nitrogens with zero attached hydrogens (tertiary/aromatic N) is 1. The van der Waals surface area contributed by atoms with Gasteiger partial charge in [-0.1, -0.05) is 30.3 Å². The number of hydrogen-bond donors (Lipinski definition) is 0. The lowest BCUT2D eigenvalue weighted by molar-refractivity contribution is -0.135. The largest absolute Gasteiger partial charge is 0.485 e. The van der Waals surface area contributed by atoms with Gasteiger partial charge in [-0.25, -0.2) is 0 Å². The van der Waals surface area contributed by atoms with Crippen LogP contribution in [0.1, 0.15) is 36.5 Å². The van der Waals surface area contributed by atoms with Gasteiger partial charge in [-0.2, -0.15) is 0 Å². The molecule has 2 aliphatic rings. The second kappa shape index (κ2) is 7.50. The van der Waals surface area contributed by atoms with Crippen LogP contribution in [0.15, 0.2) is 48.5 Å². The number of hydrogen-bond acceptors (Lipinski definition) is 4. The zero-order chi connectivity index (χ0) is 17.9. The molecule has 0 N–H and O–H groups in total. The molecule has 1 fully saturated rings. The van der Waals surface area contributed by atoms with Crippen molar-refractivity contribution in [2.75, 3.05) is 20.1 Å². The highest BCUT2D eigenvalue weighted by molar-refractivity contribution is 5.75. The van der Waals surface area contributed by atoms with E-state index in [4.69, 9.17) is 9.47 Å². The van der Waals surface area contributed by atoms with Crippen molar-refractivity contribution in [3.05, 3.63) is 59.7 Å². The highest BCUT2D eigenvalue weighted by Crippen LogP contribution is 2.36. The lowest BCUT2D eigenvalue weighted by Gasteiger charge is -2.35. The van der Waals surface area contributed by atoms with Crippen molar-refractivity contribution >= 4 is 5.97 Å². The Labute approximate surface area is 154 Å². The number of ether oxygens (including phenoxy) is 2. The average Bonchev–Trinajstić information content (AvgIpc) is 2.67. The molecule has 2 aliphatic heterocycles. The van der Waals surface area contributed by atoms with E-state index in [1.807, 2.05) is 24.3 Å². The van der Waals surface area contributed by atoms with Gasteiger partial charge in [-0.3, -0.25) is 4.79 Å². The van der Waals surface area contributed by atoms with Crippen molar-refractivity contribution in [1.29, 1.82) is 0 Å². The summed E-state index contributed by atoms with van der Waals surface area (Å²) in [6.45, 7) is 2.20. The summed E-state index contributed by atoms with van der Waals surface area (Å²) in [4.78, 5) is 13.8. The van der Waals surface area contributed by atoms with Gasteiger partial charge in [0, 0.05) is 12.5 Å². The van der Waals surface area contributed by atoms with Crippen LogP contribution in [0.2, 0.25) is 0 Å². The molecule has 2 aromatic carbocycles. The number of fused-ring (bicyclic) bond motifs is 1. The molecule has 0 bridgehead atoms. The van der Waals surface area contributed by atoms with E-state index >= 15 is 0 Å². The molecule has 0 spiro atoms. The summed E-state index contributed by atoms with van der Waals surface area (Å²) in [5, 5.41) is 0. The fraction of sp³-hybridized carbons (Fsp3) is 0.409. The third kappa shape index (κ3) is 3.75. The number of likely N-dealkylation sites (tertiary alicyclic amines) is 1. The van der Waals surface area contributed by atoms with E-state index in [1.165, 1.54) is 18.4 Å². The molecule has 0 aromatic heterocycles. The Morgan fingerprint density at radius 2 is 2.00 bits per heavy atom. The minimum atomic E-state index is -0.154. The van der Waals surface area contributed by atoms with Gasteiger partial charge >= 0.3 is 5.97 Å². The summed E-state index contributed by atoms with van der Waals surface area (Å²) < 4.78 is 11.8. The zero-order valence-electron chi connectivity index (χ0n) is 15.2. The van der Waals surface area contributed by atoms with Crippen molar-refractivity contribution < 1.29 is 14.3 Å². The van der Waals surface area contributed by atoms with Crippen LogP contribution in [-0.2, 0) is 11.2 Å². The molecule has 4 heteroatoms. The summed E-state index contributed by atoms with van der Waals surface area (Å²) in [6.07, 6.45) is 3.56. The van der Waals surface area contributed by atoms with E-state index in [9.17, 15) is 4.79 Å². The van der Waals surface area contributed by atoms with Gasteiger partial charge in [0.2, 0.25) is 0 Å². The molecule has 2 heterocycles. The Bertz CT molecular complexity index is 774. The van der Waals surface area contributed by atoms with E-state index in [2.05, 4.69) is 36.2 Å². The van der Waals surface area contributed by atoms with Crippen LogP contribution in [-0.4, -0.2) is 31.0 Å². The van der Waals surface area contributed by atoms with E-state index in [1.54, 1.807) is 0 Å². The Balaban J connectivity index is 1.59. The first-order valence-electron chi connectivity index (χ1n) is 9.43. The van der Waals surface area contributed by atoms with Crippen molar-refractivity contribution in [3.8, 4) is 11.5 Å². The van der Waals surface area contributed by atoms with E-state index < -0.39 is 0 Å². The first-order valence-corrected chi connectivity index (χ1v) is 9.43. The molecule has 0 saturated carbocycles.